The lowest BCUT2D eigenvalue weighted by atomic mass is 10.2. The minimum atomic E-state index is -3.94. The van der Waals surface area contributed by atoms with Crippen LogP contribution >= 0.6 is 7.92 Å². The van der Waals surface area contributed by atoms with Gasteiger partial charge in [0.1, 0.15) is 4.90 Å². The predicted molar refractivity (Wildman–Crippen MR) is 124 cm³/mol. The van der Waals surface area contributed by atoms with Gasteiger partial charge in [-0.25, -0.2) is 0 Å². The van der Waals surface area contributed by atoms with E-state index < -0.39 is 18.0 Å². The summed E-state index contributed by atoms with van der Waals surface area (Å²) in [6, 6.07) is 34.3. The van der Waals surface area contributed by atoms with E-state index >= 15 is 0 Å². The molecule has 0 fully saturated rings. The molecule has 0 aliphatic carbocycles. The summed E-state index contributed by atoms with van der Waals surface area (Å²) in [5.41, 5.74) is 0.992. The fraction of sp³-hybridized carbons (Fsp3) is 0.0400. The van der Waals surface area contributed by atoms with Crippen molar-refractivity contribution >= 4 is 34.0 Å². The number of hydrogen-bond donors (Lipinski definition) is 0. The lowest BCUT2D eigenvalue weighted by Crippen LogP contribution is -2.23. The van der Waals surface area contributed by atoms with E-state index in [4.69, 9.17) is 4.18 Å². The fourth-order valence-electron chi connectivity index (χ4n) is 3.16. The third kappa shape index (κ3) is 4.46. The molecule has 0 saturated heterocycles. The van der Waals surface area contributed by atoms with Crippen LogP contribution in [0, 0.1) is 6.92 Å². The Bertz CT molecular complexity index is 1180. The predicted octanol–water partition coefficient (Wildman–Crippen LogP) is 4.52. The summed E-state index contributed by atoms with van der Waals surface area (Å²) >= 11 is 0. The minimum Gasteiger partial charge on any atom is -0.378 e. The molecule has 0 amide bonds. The molecule has 0 N–H and O–H groups in total. The van der Waals surface area contributed by atoms with E-state index in [1.54, 1.807) is 36.4 Å². The van der Waals surface area contributed by atoms with Crippen molar-refractivity contribution in [2.75, 3.05) is 0 Å². The van der Waals surface area contributed by atoms with E-state index in [1.807, 2.05) is 55.5 Å². The first-order valence-electron chi connectivity index (χ1n) is 9.55. The summed E-state index contributed by atoms with van der Waals surface area (Å²) in [4.78, 5) is 0.145. The molecule has 0 atom stereocenters. The second-order valence-corrected chi connectivity index (χ2v) is 10.6. The molecule has 150 valence electrons. The first-order valence-corrected chi connectivity index (χ1v) is 12.3. The van der Waals surface area contributed by atoms with Gasteiger partial charge in [-0.3, -0.25) is 0 Å². The standard InChI is InChI=1S/C25H21O3PS/c1-20-16-18-23(19-17-20)30(26,27)28-24-14-8-9-15-25(24)29(21-10-4-2-5-11-21)22-12-6-3-7-13-22/h2-19H,1H3. The monoisotopic (exact) mass is 432 g/mol. The molecule has 0 radical (unpaired) electrons. The van der Waals surface area contributed by atoms with Crippen LogP contribution in [0.25, 0.3) is 0 Å². The van der Waals surface area contributed by atoms with E-state index in [-0.39, 0.29) is 4.90 Å². The van der Waals surface area contributed by atoms with Crippen molar-refractivity contribution in [1.29, 1.82) is 0 Å². The van der Waals surface area contributed by atoms with E-state index in [0.717, 1.165) is 21.5 Å². The average molecular weight is 432 g/mol. The minimum absolute atomic E-state index is 0.145. The van der Waals surface area contributed by atoms with Crippen molar-refractivity contribution in [3.05, 3.63) is 115 Å². The van der Waals surface area contributed by atoms with Crippen LogP contribution < -0.4 is 20.1 Å². The van der Waals surface area contributed by atoms with Crippen LogP contribution in [0.3, 0.4) is 0 Å². The van der Waals surface area contributed by atoms with Crippen LogP contribution in [0.2, 0.25) is 0 Å². The molecule has 4 aromatic carbocycles. The molecule has 4 aromatic rings. The third-order valence-electron chi connectivity index (χ3n) is 4.64. The van der Waals surface area contributed by atoms with Gasteiger partial charge >= 0.3 is 10.1 Å². The van der Waals surface area contributed by atoms with Crippen LogP contribution in [-0.4, -0.2) is 8.42 Å². The molecule has 0 heterocycles. The van der Waals surface area contributed by atoms with Gasteiger partial charge in [0.25, 0.3) is 0 Å². The zero-order valence-electron chi connectivity index (χ0n) is 16.5. The molecule has 0 unspecified atom stereocenters. The van der Waals surface area contributed by atoms with Crippen molar-refractivity contribution < 1.29 is 12.6 Å². The smallest absolute Gasteiger partial charge is 0.339 e. The quantitative estimate of drug-likeness (QED) is 0.332. The lowest BCUT2D eigenvalue weighted by molar-refractivity contribution is 0.488. The molecular weight excluding hydrogens is 411 g/mol. The Morgan fingerprint density at radius 3 is 1.70 bits per heavy atom. The topological polar surface area (TPSA) is 43.4 Å². The van der Waals surface area contributed by atoms with Crippen molar-refractivity contribution in [1.82, 2.24) is 0 Å². The number of aryl methyl sites for hydroxylation is 1. The van der Waals surface area contributed by atoms with Gasteiger partial charge in [0, 0.05) is 5.30 Å². The van der Waals surface area contributed by atoms with E-state index in [1.165, 1.54) is 0 Å². The maximum absolute atomic E-state index is 12.9. The summed E-state index contributed by atoms with van der Waals surface area (Å²) in [6.07, 6.45) is 0. The largest absolute Gasteiger partial charge is 0.378 e. The zero-order chi connectivity index (χ0) is 21.0. The van der Waals surface area contributed by atoms with Gasteiger partial charge in [-0.2, -0.15) is 8.42 Å². The van der Waals surface area contributed by atoms with Gasteiger partial charge in [-0.1, -0.05) is 96.6 Å². The molecule has 0 bridgehead atoms. The van der Waals surface area contributed by atoms with Crippen molar-refractivity contribution in [3.8, 4) is 5.75 Å². The Morgan fingerprint density at radius 2 is 1.13 bits per heavy atom. The van der Waals surface area contributed by atoms with E-state index in [0.29, 0.717) is 5.75 Å². The summed E-state index contributed by atoms with van der Waals surface area (Å²) in [5, 5.41) is 3.12. The van der Waals surface area contributed by atoms with Crippen LogP contribution in [0.4, 0.5) is 0 Å². The zero-order valence-corrected chi connectivity index (χ0v) is 18.2. The second kappa shape index (κ2) is 8.83. The third-order valence-corrected chi connectivity index (χ3v) is 8.37. The highest BCUT2D eigenvalue weighted by molar-refractivity contribution is 7.87. The van der Waals surface area contributed by atoms with Gasteiger partial charge in [-0.15, -0.1) is 0 Å². The Kier molecular flexibility index (Phi) is 5.98. The van der Waals surface area contributed by atoms with Gasteiger partial charge in [0.2, 0.25) is 0 Å². The van der Waals surface area contributed by atoms with Crippen LogP contribution in [0.15, 0.2) is 114 Å². The normalized spacial score (nSPS) is 11.4. The highest BCUT2D eigenvalue weighted by Crippen LogP contribution is 2.37. The van der Waals surface area contributed by atoms with Crippen LogP contribution in [-0.2, 0) is 10.1 Å². The van der Waals surface area contributed by atoms with Crippen molar-refractivity contribution in [2.45, 2.75) is 11.8 Å². The van der Waals surface area contributed by atoms with E-state index in [9.17, 15) is 8.42 Å². The number of benzene rings is 4. The molecule has 0 saturated carbocycles. The van der Waals surface area contributed by atoms with E-state index in [2.05, 4.69) is 24.3 Å². The molecule has 0 aliphatic heterocycles. The molecule has 3 nitrogen and oxygen atoms in total. The molecule has 0 spiro atoms. The summed E-state index contributed by atoms with van der Waals surface area (Å²) in [7, 11) is -4.92. The summed E-state index contributed by atoms with van der Waals surface area (Å²) < 4.78 is 31.6. The molecule has 0 aromatic heterocycles. The highest BCUT2D eigenvalue weighted by atomic mass is 32.2. The van der Waals surface area contributed by atoms with Crippen LogP contribution in [0.1, 0.15) is 5.56 Å². The maximum atomic E-state index is 12.9. The first kappa shape index (κ1) is 20.3. The molecule has 5 heteroatoms. The Hall–Kier alpha value is -2.94. The SMILES string of the molecule is Cc1ccc(S(=O)(=O)Oc2ccccc2P(c2ccccc2)c2ccccc2)cc1. The number of hydrogen-bond acceptors (Lipinski definition) is 3. The Labute approximate surface area is 178 Å². The molecule has 4 rings (SSSR count). The number of para-hydroxylation sites is 1. The maximum Gasteiger partial charge on any atom is 0.339 e. The average Bonchev–Trinajstić information content (AvgIpc) is 2.77. The highest BCUT2D eigenvalue weighted by Gasteiger charge is 2.24. The second-order valence-electron chi connectivity index (χ2n) is 6.82. The van der Waals surface area contributed by atoms with Gasteiger partial charge in [-0.05, 0) is 43.7 Å². The lowest BCUT2D eigenvalue weighted by Gasteiger charge is -2.22. The fourth-order valence-corrected chi connectivity index (χ4v) is 6.54. The Balaban J connectivity index is 1.80. The summed E-state index contributed by atoms with van der Waals surface area (Å²) in [6.45, 7) is 1.92. The molecular formula is C25H21O3PS. The van der Waals surface area contributed by atoms with Crippen molar-refractivity contribution in [3.63, 3.8) is 0 Å². The van der Waals surface area contributed by atoms with Crippen LogP contribution in [0.5, 0.6) is 5.75 Å². The van der Waals surface area contributed by atoms with Gasteiger partial charge in [0.05, 0.1) is 0 Å². The number of rotatable bonds is 6. The van der Waals surface area contributed by atoms with Gasteiger partial charge < -0.3 is 4.18 Å². The van der Waals surface area contributed by atoms with Gasteiger partial charge in [0.15, 0.2) is 5.75 Å². The molecule has 30 heavy (non-hydrogen) atoms. The molecule has 0 aliphatic rings. The van der Waals surface area contributed by atoms with Crippen molar-refractivity contribution in [2.24, 2.45) is 0 Å². The first-order chi connectivity index (χ1) is 14.5. The Morgan fingerprint density at radius 1 is 0.633 bits per heavy atom. The summed E-state index contributed by atoms with van der Waals surface area (Å²) in [5.74, 6) is 0.358.